The Bertz CT molecular complexity index is 1260. The molecule has 34 heavy (non-hydrogen) atoms. The summed E-state index contributed by atoms with van der Waals surface area (Å²) in [6.45, 7) is 4.85. The van der Waals surface area contributed by atoms with Crippen molar-refractivity contribution in [3.05, 3.63) is 77.4 Å². The summed E-state index contributed by atoms with van der Waals surface area (Å²) in [5, 5.41) is 7.07. The highest BCUT2D eigenvalue weighted by atomic mass is 32.2. The Labute approximate surface area is 207 Å². The van der Waals surface area contributed by atoms with Gasteiger partial charge in [0.25, 0.3) is 0 Å². The lowest BCUT2D eigenvalue weighted by atomic mass is 10.1. The van der Waals surface area contributed by atoms with Gasteiger partial charge in [0, 0.05) is 37.1 Å². The fraction of sp³-hybridized carbons (Fsp3) is 0.269. The summed E-state index contributed by atoms with van der Waals surface area (Å²) >= 11 is 3.06. The molecule has 1 amide bonds. The maximum atomic E-state index is 12.7. The Morgan fingerprint density at radius 2 is 1.79 bits per heavy atom. The lowest BCUT2D eigenvalue weighted by Crippen LogP contribution is -2.36. The van der Waals surface area contributed by atoms with Crippen molar-refractivity contribution in [2.45, 2.75) is 18.1 Å². The Morgan fingerprint density at radius 3 is 2.62 bits per heavy atom. The number of nitrogens with one attached hydrogen (secondary N) is 1. The molecule has 4 aromatic rings. The highest BCUT2D eigenvalue weighted by Gasteiger charge is 2.16. The highest BCUT2D eigenvalue weighted by molar-refractivity contribution is 8.00. The number of aromatic nitrogens is 2. The molecule has 1 saturated heterocycles. The molecule has 0 atom stereocenters. The van der Waals surface area contributed by atoms with Gasteiger partial charge >= 0.3 is 0 Å². The summed E-state index contributed by atoms with van der Waals surface area (Å²) in [7, 11) is 0. The molecule has 6 nitrogen and oxygen atoms in total. The SMILES string of the molecule is O=C(CSc1ncnc2scc(-c3ccccc3)c12)NCc1ccccc1CN1CCOCC1. The molecule has 1 aliphatic rings. The molecule has 0 bridgehead atoms. The molecule has 1 fully saturated rings. The van der Waals surface area contributed by atoms with Crippen LogP contribution in [0.4, 0.5) is 0 Å². The van der Waals surface area contributed by atoms with Crippen molar-refractivity contribution in [1.82, 2.24) is 20.2 Å². The number of amides is 1. The van der Waals surface area contributed by atoms with Crippen LogP contribution in [-0.2, 0) is 22.6 Å². The third-order valence-corrected chi connectivity index (χ3v) is 7.73. The molecule has 3 heterocycles. The van der Waals surface area contributed by atoms with E-state index in [1.807, 2.05) is 24.3 Å². The van der Waals surface area contributed by atoms with Gasteiger partial charge in [-0.15, -0.1) is 11.3 Å². The minimum atomic E-state index is -0.00516. The second-order valence-corrected chi connectivity index (χ2v) is 9.92. The highest BCUT2D eigenvalue weighted by Crippen LogP contribution is 2.37. The van der Waals surface area contributed by atoms with Crippen LogP contribution in [0.3, 0.4) is 0 Å². The van der Waals surface area contributed by atoms with Crippen molar-refractivity contribution < 1.29 is 9.53 Å². The lowest BCUT2D eigenvalue weighted by Gasteiger charge is -2.27. The standard InChI is InChI=1S/C26H26N4O2S2/c31-23(27-14-20-8-4-5-9-21(20)15-30-10-12-32-13-11-30)17-34-26-24-22(19-6-2-1-3-7-19)16-33-25(24)28-18-29-26/h1-9,16,18H,10-15,17H2,(H,27,31). The largest absolute Gasteiger partial charge is 0.379 e. The van der Waals surface area contributed by atoms with E-state index < -0.39 is 0 Å². The van der Waals surface area contributed by atoms with Crippen LogP contribution in [-0.4, -0.2) is 52.8 Å². The van der Waals surface area contributed by atoms with E-state index in [9.17, 15) is 4.79 Å². The molecule has 2 aromatic heterocycles. The van der Waals surface area contributed by atoms with Crippen molar-refractivity contribution in [2.24, 2.45) is 0 Å². The van der Waals surface area contributed by atoms with Crippen LogP contribution in [0.2, 0.25) is 0 Å². The van der Waals surface area contributed by atoms with E-state index in [4.69, 9.17) is 4.74 Å². The zero-order chi connectivity index (χ0) is 23.2. The molecule has 1 N–H and O–H groups in total. The molecule has 0 unspecified atom stereocenters. The first-order chi connectivity index (χ1) is 16.8. The first kappa shape index (κ1) is 23.0. The third-order valence-electron chi connectivity index (χ3n) is 5.85. The van der Waals surface area contributed by atoms with E-state index in [0.717, 1.165) is 64.8 Å². The topological polar surface area (TPSA) is 67.4 Å². The maximum Gasteiger partial charge on any atom is 0.230 e. The van der Waals surface area contributed by atoms with E-state index in [2.05, 4.69) is 55.9 Å². The number of hydrogen-bond acceptors (Lipinski definition) is 7. The predicted octanol–water partition coefficient (Wildman–Crippen LogP) is 4.60. The molecule has 0 spiro atoms. The molecule has 5 rings (SSSR count). The van der Waals surface area contributed by atoms with Gasteiger partial charge in [-0.05, 0) is 16.7 Å². The van der Waals surface area contributed by atoms with E-state index in [1.54, 1.807) is 17.7 Å². The molecular weight excluding hydrogens is 464 g/mol. The van der Waals surface area contributed by atoms with Crippen molar-refractivity contribution in [3.8, 4) is 11.1 Å². The Morgan fingerprint density at radius 1 is 1.03 bits per heavy atom. The molecule has 174 valence electrons. The summed E-state index contributed by atoms with van der Waals surface area (Å²) in [4.78, 5) is 25.0. The number of nitrogens with zero attached hydrogens (tertiary/aromatic N) is 3. The second kappa shape index (κ2) is 11.1. The van der Waals surface area contributed by atoms with Crippen molar-refractivity contribution >= 4 is 39.2 Å². The zero-order valence-electron chi connectivity index (χ0n) is 18.8. The molecular formula is C26H26N4O2S2. The van der Waals surface area contributed by atoms with E-state index in [0.29, 0.717) is 12.3 Å². The average Bonchev–Trinajstić information content (AvgIpc) is 3.33. The van der Waals surface area contributed by atoms with Crippen LogP contribution in [0, 0.1) is 0 Å². The van der Waals surface area contributed by atoms with Crippen molar-refractivity contribution in [2.75, 3.05) is 32.1 Å². The normalized spacial score (nSPS) is 14.4. The fourth-order valence-electron chi connectivity index (χ4n) is 4.05. The summed E-state index contributed by atoms with van der Waals surface area (Å²) in [5.74, 6) is 0.302. The van der Waals surface area contributed by atoms with Gasteiger partial charge in [0.15, 0.2) is 0 Å². The molecule has 0 aliphatic carbocycles. The van der Waals surface area contributed by atoms with E-state index >= 15 is 0 Å². The minimum Gasteiger partial charge on any atom is -0.379 e. The van der Waals surface area contributed by atoms with Crippen LogP contribution in [0.5, 0.6) is 0 Å². The third kappa shape index (κ3) is 5.47. The molecule has 8 heteroatoms. The summed E-state index contributed by atoms with van der Waals surface area (Å²) in [6, 6.07) is 18.6. The molecule has 0 radical (unpaired) electrons. The summed E-state index contributed by atoms with van der Waals surface area (Å²) in [6.07, 6.45) is 1.58. The Kier molecular flexibility index (Phi) is 7.50. The van der Waals surface area contributed by atoms with Crippen molar-refractivity contribution in [3.63, 3.8) is 0 Å². The summed E-state index contributed by atoms with van der Waals surface area (Å²) in [5.41, 5.74) is 4.65. The number of carbonyl (C=O) groups is 1. The van der Waals surface area contributed by atoms with Gasteiger partial charge in [-0.25, -0.2) is 9.97 Å². The minimum absolute atomic E-state index is 0.00516. The van der Waals surface area contributed by atoms with Crippen LogP contribution < -0.4 is 5.32 Å². The fourth-order valence-corrected chi connectivity index (χ4v) is 5.87. The summed E-state index contributed by atoms with van der Waals surface area (Å²) < 4.78 is 5.45. The van der Waals surface area contributed by atoms with Gasteiger partial charge in [0.2, 0.25) is 5.91 Å². The first-order valence-corrected chi connectivity index (χ1v) is 13.2. The Balaban J connectivity index is 1.23. The quantitative estimate of drug-likeness (QED) is 0.288. The second-order valence-electron chi connectivity index (χ2n) is 8.10. The number of thiophene rings is 1. The molecule has 1 aliphatic heterocycles. The van der Waals surface area contributed by atoms with Crippen LogP contribution in [0.25, 0.3) is 21.3 Å². The number of ether oxygens (including phenoxy) is 1. The van der Waals surface area contributed by atoms with Crippen LogP contribution in [0.1, 0.15) is 11.1 Å². The molecule has 2 aromatic carbocycles. The van der Waals surface area contributed by atoms with Crippen LogP contribution in [0.15, 0.2) is 71.3 Å². The first-order valence-electron chi connectivity index (χ1n) is 11.3. The smallest absolute Gasteiger partial charge is 0.230 e. The number of thioether (sulfide) groups is 1. The van der Waals surface area contributed by atoms with Gasteiger partial charge in [-0.2, -0.15) is 0 Å². The lowest BCUT2D eigenvalue weighted by molar-refractivity contribution is -0.118. The zero-order valence-corrected chi connectivity index (χ0v) is 20.4. The number of benzene rings is 2. The van der Waals surface area contributed by atoms with E-state index in [1.165, 1.54) is 17.3 Å². The van der Waals surface area contributed by atoms with Gasteiger partial charge < -0.3 is 10.1 Å². The predicted molar refractivity (Wildman–Crippen MR) is 138 cm³/mol. The Hall–Kier alpha value is -2.78. The van der Waals surface area contributed by atoms with Gasteiger partial charge in [0.1, 0.15) is 16.2 Å². The number of carbonyl (C=O) groups excluding carboxylic acids is 1. The average molecular weight is 491 g/mol. The van der Waals surface area contributed by atoms with Crippen LogP contribution >= 0.6 is 23.1 Å². The number of rotatable bonds is 8. The maximum absolute atomic E-state index is 12.7. The van der Waals surface area contributed by atoms with Gasteiger partial charge in [0.05, 0.1) is 24.4 Å². The van der Waals surface area contributed by atoms with E-state index in [-0.39, 0.29) is 5.91 Å². The number of hydrogen-bond donors (Lipinski definition) is 1. The monoisotopic (exact) mass is 490 g/mol. The van der Waals surface area contributed by atoms with Gasteiger partial charge in [-0.1, -0.05) is 66.4 Å². The number of fused-ring (bicyclic) bond motifs is 1. The van der Waals surface area contributed by atoms with Gasteiger partial charge in [-0.3, -0.25) is 9.69 Å². The van der Waals surface area contributed by atoms with Crippen molar-refractivity contribution in [1.29, 1.82) is 0 Å². The molecule has 0 saturated carbocycles. The number of morpholine rings is 1.